The van der Waals surface area contributed by atoms with Gasteiger partial charge in [0.25, 0.3) is 5.91 Å². The van der Waals surface area contributed by atoms with Crippen molar-refractivity contribution in [3.05, 3.63) is 64.4 Å². The molecule has 124 valence electrons. The van der Waals surface area contributed by atoms with Crippen LogP contribution in [-0.4, -0.2) is 19.0 Å². The molecule has 1 heterocycles. The molecule has 0 bridgehead atoms. The number of benzene rings is 2. The van der Waals surface area contributed by atoms with Gasteiger partial charge in [-0.1, -0.05) is 41.4 Å². The summed E-state index contributed by atoms with van der Waals surface area (Å²) in [7, 11) is 0. The number of rotatable bonds is 4. The maximum atomic E-state index is 12.8. The predicted octanol–water partition coefficient (Wildman–Crippen LogP) is 3.76. The first-order valence-corrected chi connectivity index (χ1v) is 8.24. The third kappa shape index (κ3) is 3.45. The molecule has 1 amide bonds. The Morgan fingerprint density at radius 1 is 1.21 bits per heavy atom. The maximum Gasteiger partial charge on any atom is 0.294 e. The average molecular weight is 343 g/mol. The summed E-state index contributed by atoms with van der Waals surface area (Å²) in [6.45, 7) is 3.06. The number of hydrogen-bond donors (Lipinski definition) is 1. The summed E-state index contributed by atoms with van der Waals surface area (Å²) in [4.78, 5) is 14.5. The topological polar surface area (TPSA) is 55.6 Å². The van der Waals surface area contributed by atoms with Gasteiger partial charge >= 0.3 is 0 Å². The van der Waals surface area contributed by atoms with Gasteiger partial charge in [0.2, 0.25) is 0 Å². The van der Waals surface area contributed by atoms with Crippen molar-refractivity contribution in [3.8, 4) is 5.75 Å². The first-order chi connectivity index (χ1) is 11.6. The van der Waals surface area contributed by atoms with Crippen LogP contribution in [0.5, 0.6) is 5.75 Å². The molecule has 24 heavy (non-hydrogen) atoms. The Kier molecular flexibility index (Phi) is 4.88. The summed E-state index contributed by atoms with van der Waals surface area (Å²) in [5.74, 6) is 0.735. The number of fused-ring (bicyclic) bond motifs is 1. The number of halogens is 1. The third-order valence-electron chi connectivity index (χ3n) is 3.85. The number of carbonyl (C=O) groups is 1. The summed E-state index contributed by atoms with van der Waals surface area (Å²) in [5.41, 5.74) is 8.37. The maximum absolute atomic E-state index is 12.8. The van der Waals surface area contributed by atoms with Gasteiger partial charge in [-0.3, -0.25) is 4.79 Å². The van der Waals surface area contributed by atoms with E-state index in [4.69, 9.17) is 22.1 Å². The van der Waals surface area contributed by atoms with E-state index in [9.17, 15) is 4.79 Å². The molecule has 2 aromatic rings. The van der Waals surface area contributed by atoms with Gasteiger partial charge < -0.3 is 15.4 Å². The zero-order valence-corrected chi connectivity index (χ0v) is 14.2. The number of hydrogen-bond acceptors (Lipinski definition) is 3. The third-order valence-corrected chi connectivity index (χ3v) is 4.08. The Bertz CT molecular complexity index is 784. The molecule has 0 aromatic heterocycles. The molecule has 5 heteroatoms. The van der Waals surface area contributed by atoms with Crippen LogP contribution in [0.25, 0.3) is 6.08 Å². The number of aryl methyl sites for hydroxylation is 1. The van der Waals surface area contributed by atoms with E-state index in [1.54, 1.807) is 29.2 Å². The number of nitrogens with two attached hydrogens (primary N) is 1. The molecule has 4 nitrogen and oxygen atoms in total. The number of anilines is 1. The van der Waals surface area contributed by atoms with Crippen molar-refractivity contribution < 1.29 is 9.53 Å². The van der Waals surface area contributed by atoms with E-state index in [1.807, 2.05) is 31.2 Å². The van der Waals surface area contributed by atoms with Crippen LogP contribution in [0.2, 0.25) is 5.02 Å². The van der Waals surface area contributed by atoms with Crippen LogP contribution >= 0.6 is 11.6 Å². The van der Waals surface area contributed by atoms with Gasteiger partial charge in [-0.2, -0.15) is 0 Å². The lowest BCUT2D eigenvalue weighted by Gasteiger charge is -2.30. The number of ether oxygens (including phenoxy) is 1. The van der Waals surface area contributed by atoms with E-state index >= 15 is 0 Å². The number of amides is 1. The number of nitrogens with zero attached hydrogens (tertiary/aromatic N) is 1. The van der Waals surface area contributed by atoms with E-state index in [2.05, 4.69) is 0 Å². The van der Waals surface area contributed by atoms with Crippen molar-refractivity contribution in [2.24, 2.45) is 5.73 Å². The monoisotopic (exact) mass is 342 g/mol. The van der Waals surface area contributed by atoms with Gasteiger partial charge in [0, 0.05) is 11.6 Å². The smallest absolute Gasteiger partial charge is 0.294 e. The van der Waals surface area contributed by atoms with E-state index in [1.165, 1.54) is 0 Å². The highest BCUT2D eigenvalue weighted by molar-refractivity contribution is 6.31. The minimum Gasteiger partial charge on any atom is -0.449 e. The molecule has 0 fully saturated rings. The Morgan fingerprint density at radius 2 is 1.96 bits per heavy atom. The normalized spacial score (nSPS) is 15.4. The van der Waals surface area contributed by atoms with Crippen LogP contribution in [0.1, 0.15) is 17.5 Å². The zero-order valence-electron chi connectivity index (χ0n) is 13.5. The van der Waals surface area contributed by atoms with Crippen LogP contribution in [0.3, 0.4) is 0 Å². The minimum absolute atomic E-state index is 0.182. The van der Waals surface area contributed by atoms with E-state index in [0.29, 0.717) is 41.7 Å². The Hall–Kier alpha value is -2.30. The SMILES string of the molecule is Cc1ccc(/C=C2/Oc3ccc(Cl)cc3N(CCCN)C2=O)cc1. The highest BCUT2D eigenvalue weighted by Crippen LogP contribution is 2.37. The fourth-order valence-electron chi connectivity index (χ4n) is 2.57. The fourth-order valence-corrected chi connectivity index (χ4v) is 2.74. The van der Waals surface area contributed by atoms with Crippen LogP contribution in [0.15, 0.2) is 48.2 Å². The van der Waals surface area contributed by atoms with Crippen LogP contribution < -0.4 is 15.4 Å². The standard InChI is InChI=1S/C19H19ClN2O2/c1-13-3-5-14(6-4-13)11-18-19(23)22(10-2-9-21)16-12-15(20)7-8-17(16)24-18/h3-8,11-12H,2,9-10,21H2,1H3/b18-11+. The van der Waals surface area contributed by atoms with Crippen LogP contribution in [0.4, 0.5) is 5.69 Å². The molecule has 1 aliphatic heterocycles. The highest BCUT2D eigenvalue weighted by atomic mass is 35.5. The molecule has 1 aliphatic rings. The lowest BCUT2D eigenvalue weighted by Crippen LogP contribution is -2.38. The lowest BCUT2D eigenvalue weighted by molar-refractivity contribution is -0.117. The van der Waals surface area contributed by atoms with Gasteiger partial charge in [0.05, 0.1) is 5.69 Å². The van der Waals surface area contributed by atoms with E-state index < -0.39 is 0 Å². The van der Waals surface area contributed by atoms with E-state index in [-0.39, 0.29) is 5.91 Å². The highest BCUT2D eigenvalue weighted by Gasteiger charge is 2.30. The lowest BCUT2D eigenvalue weighted by atomic mass is 10.1. The van der Waals surface area contributed by atoms with Gasteiger partial charge in [-0.05, 0) is 49.7 Å². The summed E-state index contributed by atoms with van der Waals surface area (Å²) in [6, 6.07) is 13.2. The summed E-state index contributed by atoms with van der Waals surface area (Å²) >= 11 is 6.07. The molecule has 0 spiro atoms. The van der Waals surface area contributed by atoms with Gasteiger partial charge in [-0.25, -0.2) is 0 Å². The molecular formula is C19H19ClN2O2. The zero-order chi connectivity index (χ0) is 17.1. The molecule has 0 unspecified atom stereocenters. The Morgan fingerprint density at radius 3 is 2.67 bits per heavy atom. The molecule has 2 N–H and O–H groups in total. The first kappa shape index (κ1) is 16.6. The Labute approximate surface area is 146 Å². The summed E-state index contributed by atoms with van der Waals surface area (Å²) in [5, 5.41) is 0.564. The molecular weight excluding hydrogens is 324 g/mol. The quantitative estimate of drug-likeness (QED) is 0.861. The van der Waals surface area contributed by atoms with Crippen LogP contribution in [-0.2, 0) is 4.79 Å². The van der Waals surface area contributed by atoms with Crippen molar-refractivity contribution >= 4 is 29.3 Å². The second-order valence-electron chi connectivity index (χ2n) is 5.73. The number of carbonyl (C=O) groups excluding carboxylic acids is 1. The van der Waals surface area contributed by atoms with Gasteiger partial charge in [-0.15, -0.1) is 0 Å². The second kappa shape index (κ2) is 7.07. The molecule has 0 atom stereocenters. The first-order valence-electron chi connectivity index (χ1n) is 7.86. The van der Waals surface area contributed by atoms with Crippen molar-refractivity contribution in [2.45, 2.75) is 13.3 Å². The molecule has 2 aromatic carbocycles. The van der Waals surface area contributed by atoms with Crippen molar-refractivity contribution in [3.63, 3.8) is 0 Å². The Balaban J connectivity index is 1.99. The fraction of sp³-hybridized carbons (Fsp3) is 0.211. The molecule has 0 aliphatic carbocycles. The van der Waals surface area contributed by atoms with Crippen LogP contribution in [0, 0.1) is 6.92 Å². The summed E-state index contributed by atoms with van der Waals surface area (Å²) < 4.78 is 5.82. The molecule has 0 radical (unpaired) electrons. The predicted molar refractivity (Wildman–Crippen MR) is 97.3 cm³/mol. The minimum atomic E-state index is -0.182. The van der Waals surface area contributed by atoms with Crippen molar-refractivity contribution in [1.29, 1.82) is 0 Å². The van der Waals surface area contributed by atoms with Gasteiger partial charge in [0.1, 0.15) is 0 Å². The van der Waals surface area contributed by atoms with Crippen molar-refractivity contribution in [1.82, 2.24) is 0 Å². The molecule has 0 saturated carbocycles. The van der Waals surface area contributed by atoms with Crippen molar-refractivity contribution in [2.75, 3.05) is 18.0 Å². The molecule has 3 rings (SSSR count). The largest absolute Gasteiger partial charge is 0.449 e. The van der Waals surface area contributed by atoms with E-state index in [0.717, 1.165) is 11.1 Å². The summed E-state index contributed by atoms with van der Waals surface area (Å²) in [6.07, 6.45) is 2.46. The molecule has 0 saturated heterocycles. The van der Waals surface area contributed by atoms with Gasteiger partial charge in [0.15, 0.2) is 11.5 Å². The average Bonchev–Trinajstić information content (AvgIpc) is 2.57. The second-order valence-corrected chi connectivity index (χ2v) is 6.17.